The molecule has 0 bridgehead atoms. The quantitative estimate of drug-likeness (QED) is 0.798. The van der Waals surface area contributed by atoms with Gasteiger partial charge in [0.05, 0.1) is 5.56 Å². The van der Waals surface area contributed by atoms with E-state index in [4.69, 9.17) is 9.84 Å². The van der Waals surface area contributed by atoms with E-state index in [1.165, 1.54) is 24.8 Å². The molecule has 0 unspecified atom stereocenters. The number of carbonyl (C=O) groups excluding carboxylic acids is 1. The van der Waals surface area contributed by atoms with Crippen molar-refractivity contribution in [3.63, 3.8) is 0 Å². The minimum Gasteiger partial charge on any atom is -0.477 e. The van der Waals surface area contributed by atoms with Crippen molar-refractivity contribution < 1.29 is 19.4 Å². The number of nitrogens with zero attached hydrogens (tertiary/aromatic N) is 1. The Balaban J connectivity index is 1.90. The molecular weight excluding hydrogens is 272 g/mol. The summed E-state index contributed by atoms with van der Waals surface area (Å²) in [5.74, 6) is -1.32. The second-order valence-corrected chi connectivity index (χ2v) is 5.52. The predicted molar refractivity (Wildman–Crippen MR) is 76.3 cm³/mol. The van der Waals surface area contributed by atoms with Gasteiger partial charge in [0.25, 0.3) is 5.91 Å². The molecule has 1 fully saturated rings. The fourth-order valence-electron chi connectivity index (χ4n) is 2.54. The molecule has 2 N–H and O–H groups in total. The molecule has 6 nitrogen and oxygen atoms in total. The molecule has 114 valence electrons. The minimum absolute atomic E-state index is 0.0675. The molecule has 1 aromatic heterocycles. The average Bonchev–Trinajstić information content (AvgIpc) is 2.45. The van der Waals surface area contributed by atoms with E-state index in [2.05, 4.69) is 10.3 Å². The van der Waals surface area contributed by atoms with Crippen LogP contribution in [0.5, 0.6) is 0 Å². The number of amides is 1. The van der Waals surface area contributed by atoms with Crippen LogP contribution in [0.2, 0.25) is 0 Å². The Bertz CT molecular complexity index is 509. The van der Waals surface area contributed by atoms with E-state index in [1.807, 2.05) is 0 Å². The number of pyridine rings is 1. The number of carbonyl (C=O) groups is 2. The Labute approximate surface area is 123 Å². The van der Waals surface area contributed by atoms with Gasteiger partial charge in [-0.2, -0.15) is 0 Å². The highest BCUT2D eigenvalue weighted by Crippen LogP contribution is 2.43. The molecule has 0 spiro atoms. The number of carboxylic acid groups (broad SMARTS) is 1. The summed E-state index contributed by atoms with van der Waals surface area (Å²) in [7, 11) is 1.68. The standard InChI is InChI=1S/C15H20N2O4/c1-21-8-7-15(5-2-6-15)10-17-13(18)11-3-4-12(14(19)20)16-9-11/h3-4,9H,2,5-8,10H2,1H3,(H,17,18)(H,19,20). The third kappa shape index (κ3) is 3.78. The van der Waals surface area contributed by atoms with E-state index in [1.54, 1.807) is 7.11 Å². The van der Waals surface area contributed by atoms with Crippen LogP contribution < -0.4 is 5.32 Å². The van der Waals surface area contributed by atoms with Gasteiger partial charge in [-0.25, -0.2) is 9.78 Å². The number of methoxy groups -OCH3 is 1. The first-order chi connectivity index (χ1) is 10.1. The maximum Gasteiger partial charge on any atom is 0.354 e. The van der Waals surface area contributed by atoms with Crippen LogP contribution in [0.25, 0.3) is 0 Å². The molecule has 1 aromatic rings. The van der Waals surface area contributed by atoms with E-state index in [0.29, 0.717) is 18.7 Å². The summed E-state index contributed by atoms with van der Waals surface area (Å²) in [6.45, 7) is 1.32. The Morgan fingerprint density at radius 1 is 1.43 bits per heavy atom. The second-order valence-electron chi connectivity index (χ2n) is 5.52. The maximum absolute atomic E-state index is 12.1. The molecule has 0 aromatic carbocycles. The number of aromatic nitrogens is 1. The van der Waals surface area contributed by atoms with Gasteiger partial charge < -0.3 is 15.2 Å². The van der Waals surface area contributed by atoms with Crippen molar-refractivity contribution in [2.45, 2.75) is 25.7 Å². The molecule has 6 heteroatoms. The molecule has 0 radical (unpaired) electrons. The van der Waals surface area contributed by atoms with Gasteiger partial charge in [-0.05, 0) is 36.8 Å². The molecule has 0 saturated heterocycles. The molecule has 2 rings (SSSR count). The Kier molecular flexibility index (Phi) is 4.90. The fourth-order valence-corrected chi connectivity index (χ4v) is 2.54. The molecule has 1 heterocycles. The Hall–Kier alpha value is -1.95. The van der Waals surface area contributed by atoms with Gasteiger partial charge in [-0.1, -0.05) is 6.42 Å². The van der Waals surface area contributed by atoms with Crippen LogP contribution in [-0.4, -0.2) is 42.2 Å². The molecule has 0 atom stereocenters. The van der Waals surface area contributed by atoms with E-state index in [0.717, 1.165) is 19.3 Å². The van der Waals surface area contributed by atoms with Gasteiger partial charge in [0.1, 0.15) is 5.69 Å². The van der Waals surface area contributed by atoms with Crippen molar-refractivity contribution in [3.8, 4) is 0 Å². The largest absolute Gasteiger partial charge is 0.477 e. The lowest BCUT2D eigenvalue weighted by Gasteiger charge is -2.42. The van der Waals surface area contributed by atoms with Crippen LogP contribution in [0.1, 0.15) is 46.5 Å². The van der Waals surface area contributed by atoms with Crippen molar-refractivity contribution in [1.29, 1.82) is 0 Å². The number of aromatic carboxylic acids is 1. The van der Waals surface area contributed by atoms with Gasteiger partial charge in [0.2, 0.25) is 0 Å². The molecule has 1 aliphatic carbocycles. The van der Waals surface area contributed by atoms with E-state index in [9.17, 15) is 9.59 Å². The predicted octanol–water partition coefficient (Wildman–Crippen LogP) is 1.72. The zero-order valence-electron chi connectivity index (χ0n) is 12.1. The molecule has 1 aliphatic rings. The number of hydrogen-bond donors (Lipinski definition) is 2. The third-order valence-corrected chi connectivity index (χ3v) is 4.12. The highest BCUT2D eigenvalue weighted by atomic mass is 16.5. The van der Waals surface area contributed by atoms with Gasteiger partial charge in [-0.3, -0.25) is 4.79 Å². The Morgan fingerprint density at radius 2 is 2.19 bits per heavy atom. The van der Waals surface area contributed by atoms with Crippen LogP contribution in [0.4, 0.5) is 0 Å². The highest BCUT2D eigenvalue weighted by molar-refractivity contribution is 5.94. The summed E-state index contributed by atoms with van der Waals surface area (Å²) in [6, 6.07) is 2.82. The van der Waals surface area contributed by atoms with Crippen molar-refractivity contribution in [3.05, 3.63) is 29.6 Å². The topological polar surface area (TPSA) is 88.5 Å². The number of ether oxygens (including phenoxy) is 1. The van der Waals surface area contributed by atoms with Gasteiger partial charge in [-0.15, -0.1) is 0 Å². The van der Waals surface area contributed by atoms with Gasteiger partial charge >= 0.3 is 5.97 Å². The summed E-state index contributed by atoms with van der Waals surface area (Å²) in [5, 5.41) is 11.7. The smallest absolute Gasteiger partial charge is 0.354 e. The van der Waals surface area contributed by atoms with E-state index < -0.39 is 5.97 Å². The normalized spacial score (nSPS) is 16.0. The molecule has 1 amide bonds. The molecule has 1 saturated carbocycles. The lowest BCUT2D eigenvalue weighted by atomic mass is 9.66. The Morgan fingerprint density at radius 3 is 2.67 bits per heavy atom. The van der Waals surface area contributed by atoms with Gasteiger partial charge in [0, 0.05) is 26.5 Å². The SMILES string of the molecule is COCCC1(CNC(=O)c2ccc(C(=O)O)nc2)CCC1. The number of carboxylic acids is 1. The lowest BCUT2D eigenvalue weighted by molar-refractivity contribution is 0.0631. The lowest BCUT2D eigenvalue weighted by Crippen LogP contribution is -2.42. The molecule has 21 heavy (non-hydrogen) atoms. The van der Waals surface area contributed by atoms with Crippen molar-refractivity contribution in [2.75, 3.05) is 20.3 Å². The van der Waals surface area contributed by atoms with Crippen LogP contribution >= 0.6 is 0 Å². The first kappa shape index (κ1) is 15.4. The van der Waals surface area contributed by atoms with Crippen LogP contribution in [0.15, 0.2) is 18.3 Å². The summed E-state index contributed by atoms with van der Waals surface area (Å²) in [6.07, 6.45) is 5.63. The molecule has 0 aliphatic heterocycles. The van der Waals surface area contributed by atoms with Gasteiger partial charge in [0.15, 0.2) is 0 Å². The minimum atomic E-state index is -1.10. The number of hydrogen-bond acceptors (Lipinski definition) is 4. The summed E-state index contributed by atoms with van der Waals surface area (Å²) in [5.41, 5.74) is 0.462. The first-order valence-electron chi connectivity index (χ1n) is 7.03. The van der Waals surface area contributed by atoms with E-state index >= 15 is 0 Å². The maximum atomic E-state index is 12.1. The van der Waals surface area contributed by atoms with Crippen molar-refractivity contribution >= 4 is 11.9 Å². The third-order valence-electron chi connectivity index (χ3n) is 4.12. The summed E-state index contributed by atoms with van der Waals surface area (Å²) < 4.78 is 5.12. The van der Waals surface area contributed by atoms with Crippen LogP contribution in [0.3, 0.4) is 0 Å². The monoisotopic (exact) mass is 292 g/mol. The zero-order valence-corrected chi connectivity index (χ0v) is 12.1. The fraction of sp³-hybridized carbons (Fsp3) is 0.533. The summed E-state index contributed by atoms with van der Waals surface area (Å²) in [4.78, 5) is 26.5. The second kappa shape index (κ2) is 6.67. The van der Waals surface area contributed by atoms with Crippen molar-refractivity contribution in [2.24, 2.45) is 5.41 Å². The van der Waals surface area contributed by atoms with E-state index in [-0.39, 0.29) is 17.0 Å². The number of rotatable bonds is 7. The average molecular weight is 292 g/mol. The van der Waals surface area contributed by atoms with Crippen LogP contribution in [-0.2, 0) is 4.74 Å². The zero-order chi connectivity index (χ0) is 15.3. The summed E-state index contributed by atoms with van der Waals surface area (Å²) >= 11 is 0. The highest BCUT2D eigenvalue weighted by Gasteiger charge is 2.36. The van der Waals surface area contributed by atoms with Crippen molar-refractivity contribution in [1.82, 2.24) is 10.3 Å². The number of nitrogens with one attached hydrogen (secondary N) is 1. The first-order valence-corrected chi connectivity index (χ1v) is 7.03. The van der Waals surface area contributed by atoms with Crippen LogP contribution in [0, 0.1) is 5.41 Å². The molecular formula is C15H20N2O4.